The maximum atomic E-state index is 14.4. The zero-order valence-corrected chi connectivity index (χ0v) is 24.9. The molecule has 4 aromatic rings. The van der Waals surface area contributed by atoms with Gasteiger partial charge >= 0.3 is 6.41 Å². The third kappa shape index (κ3) is 5.00. The molecule has 2 saturated carbocycles. The maximum Gasteiger partial charge on any atom is 0.353 e. The van der Waals surface area contributed by atoms with Crippen LogP contribution in [-0.4, -0.2) is 54.9 Å². The number of hydrogen-bond donors (Lipinski definition) is 1. The molecule has 1 N–H and O–H groups in total. The molecule has 4 heterocycles. The third-order valence-electron chi connectivity index (χ3n) is 9.46. The van der Waals surface area contributed by atoms with Crippen LogP contribution in [0.4, 0.5) is 0 Å². The Kier molecular flexibility index (Phi) is 6.81. The average Bonchev–Trinajstić information content (AvgIpc) is 3.88. The molecule has 10 heteroatoms. The monoisotopic (exact) mass is 595 g/mol. The Balaban J connectivity index is 1.07. The number of hydroxylamine groups is 2. The molecule has 0 amide bonds. The average molecular weight is 596 g/mol. The van der Waals surface area contributed by atoms with Gasteiger partial charge < -0.3 is 14.7 Å². The van der Waals surface area contributed by atoms with E-state index in [-0.39, 0.29) is 17.7 Å². The summed E-state index contributed by atoms with van der Waals surface area (Å²) < 4.78 is 10.0. The van der Waals surface area contributed by atoms with Crippen LogP contribution in [0, 0.1) is 0 Å². The van der Waals surface area contributed by atoms with Crippen LogP contribution in [0.5, 0.6) is 0 Å². The van der Waals surface area contributed by atoms with Crippen molar-refractivity contribution in [3.05, 3.63) is 93.5 Å². The predicted octanol–water partition coefficient (Wildman–Crippen LogP) is 4.95. The fraction of sp³-hybridized carbons (Fsp3) is 0.441. The topological polar surface area (TPSA) is 106 Å². The van der Waals surface area contributed by atoms with Gasteiger partial charge in [0.05, 0.1) is 30.2 Å². The van der Waals surface area contributed by atoms with Crippen LogP contribution in [0.3, 0.4) is 0 Å². The van der Waals surface area contributed by atoms with E-state index in [9.17, 15) is 9.90 Å². The second-order valence-corrected chi connectivity index (χ2v) is 12.6. The van der Waals surface area contributed by atoms with Crippen molar-refractivity contribution in [1.82, 2.24) is 19.2 Å². The molecule has 2 aliphatic carbocycles. The van der Waals surface area contributed by atoms with Crippen molar-refractivity contribution in [1.29, 1.82) is 0 Å². The molecule has 2 aromatic heterocycles. The number of oxime groups is 1. The lowest BCUT2D eigenvalue weighted by Crippen LogP contribution is -2.35. The number of ether oxygens (including phenoxy) is 1. The molecule has 44 heavy (non-hydrogen) atoms. The Labute approximate surface area is 255 Å². The van der Waals surface area contributed by atoms with E-state index in [1.165, 1.54) is 0 Å². The molecule has 0 bridgehead atoms. The number of benzene rings is 2. The molecule has 1 unspecified atom stereocenters. The summed E-state index contributed by atoms with van der Waals surface area (Å²) in [5.41, 5.74) is 6.26. The minimum absolute atomic E-state index is 0.0832. The van der Waals surface area contributed by atoms with Crippen LogP contribution >= 0.6 is 0 Å². The van der Waals surface area contributed by atoms with Crippen molar-refractivity contribution < 1.29 is 19.5 Å². The zero-order valence-electron chi connectivity index (χ0n) is 24.9. The fourth-order valence-electron chi connectivity index (χ4n) is 6.76. The molecule has 8 rings (SSSR count). The number of aromatic nitrogens is 3. The highest BCUT2D eigenvalue weighted by molar-refractivity contribution is 6.04. The first-order valence-corrected chi connectivity index (χ1v) is 15.8. The highest BCUT2D eigenvalue weighted by atomic mass is 17.0. The van der Waals surface area contributed by atoms with Gasteiger partial charge in [0.2, 0.25) is 5.84 Å². The van der Waals surface area contributed by atoms with E-state index in [2.05, 4.69) is 42.4 Å². The Bertz CT molecular complexity index is 1780. The molecule has 228 valence electrons. The highest BCUT2D eigenvalue weighted by Crippen LogP contribution is 2.38. The van der Waals surface area contributed by atoms with Crippen molar-refractivity contribution in [2.45, 2.75) is 88.9 Å². The smallest absolute Gasteiger partial charge is 0.353 e. The molecule has 4 aliphatic rings. The van der Waals surface area contributed by atoms with E-state index < -0.39 is 12.0 Å². The maximum absolute atomic E-state index is 14.4. The first kappa shape index (κ1) is 27.6. The van der Waals surface area contributed by atoms with Gasteiger partial charge in [-0.05, 0) is 61.6 Å². The van der Waals surface area contributed by atoms with Crippen LogP contribution in [-0.2, 0) is 27.3 Å². The fourth-order valence-corrected chi connectivity index (χ4v) is 6.76. The summed E-state index contributed by atoms with van der Waals surface area (Å²) >= 11 is 0. The molecule has 0 spiro atoms. The van der Waals surface area contributed by atoms with E-state index in [1.54, 1.807) is 11.3 Å². The van der Waals surface area contributed by atoms with E-state index >= 15 is 0 Å². The van der Waals surface area contributed by atoms with Crippen LogP contribution in [0.25, 0.3) is 16.8 Å². The van der Waals surface area contributed by atoms with Gasteiger partial charge in [-0.15, -0.1) is 0 Å². The quantitative estimate of drug-likeness (QED) is 0.259. The minimum atomic E-state index is -0.601. The Morgan fingerprint density at radius 3 is 2.48 bits per heavy atom. The van der Waals surface area contributed by atoms with E-state index in [0.717, 1.165) is 90.5 Å². The molecule has 0 radical (unpaired) electrons. The van der Waals surface area contributed by atoms with Crippen molar-refractivity contribution in [3.63, 3.8) is 0 Å². The first-order valence-electron chi connectivity index (χ1n) is 15.8. The minimum Gasteiger partial charge on any atom is -0.387 e. The second-order valence-electron chi connectivity index (χ2n) is 12.6. The van der Waals surface area contributed by atoms with Gasteiger partial charge in [-0.1, -0.05) is 67.0 Å². The van der Waals surface area contributed by atoms with Crippen LogP contribution in [0.15, 0.2) is 70.7 Å². The summed E-state index contributed by atoms with van der Waals surface area (Å²) in [6.07, 6.45) is 8.93. The number of aryl methyl sites for hydroxylation is 1. The summed E-state index contributed by atoms with van der Waals surface area (Å²) in [5, 5.41) is 20.7. The normalized spacial score (nSPS) is 23.4. The van der Waals surface area contributed by atoms with Gasteiger partial charge in [0, 0.05) is 29.7 Å². The van der Waals surface area contributed by atoms with Crippen LogP contribution in [0.2, 0.25) is 0 Å². The molecule has 3 fully saturated rings. The van der Waals surface area contributed by atoms with Gasteiger partial charge in [-0.25, -0.2) is 4.52 Å². The lowest BCUT2D eigenvalue weighted by Gasteiger charge is -2.31. The summed E-state index contributed by atoms with van der Waals surface area (Å²) in [6, 6.07) is 18.6. The molecule has 2 aromatic carbocycles. The second kappa shape index (κ2) is 10.9. The predicted molar refractivity (Wildman–Crippen MR) is 164 cm³/mol. The summed E-state index contributed by atoms with van der Waals surface area (Å²) in [7, 11) is 0. The van der Waals surface area contributed by atoms with Crippen LogP contribution < -0.4 is 5.56 Å². The van der Waals surface area contributed by atoms with E-state index in [4.69, 9.17) is 19.5 Å². The van der Waals surface area contributed by atoms with Gasteiger partial charge in [0.25, 0.3) is 5.56 Å². The highest BCUT2D eigenvalue weighted by Gasteiger charge is 2.49. The standard InChI is InChI=1S/C34H37N5O5/c1-2-5-29-28(20-22-8-10-23(11-9-22)26-6-3-4-7-27(26)31-36-43-33-39(31)44-33)32(40)37(30-16-19-35-38(29)30)24-12-14-25(15-13-24)42-21-34(41)17-18-34/h3-4,6-11,16,19,24-25,33,41H,2,5,12-15,17-18,20-21H2,1H3. The number of aliphatic hydroxyl groups is 1. The number of nitrogens with zero attached hydrogens (tertiary/aromatic N) is 5. The SMILES string of the molecule is CCCc1c(Cc2ccc(-c3ccccc3C3=NOC4ON34)cc2)c(=O)n(C2CCC(OCC3(O)CC3)CC2)c2ccnn12. The van der Waals surface area contributed by atoms with Gasteiger partial charge in [-0.2, -0.15) is 15.0 Å². The molecular formula is C34H37N5O5. The Morgan fingerprint density at radius 2 is 1.80 bits per heavy atom. The molecule has 2 aliphatic heterocycles. The molecule has 10 nitrogen and oxygen atoms in total. The van der Waals surface area contributed by atoms with E-state index in [1.807, 2.05) is 33.3 Å². The number of amidine groups is 1. The van der Waals surface area contributed by atoms with Crippen LogP contribution in [0.1, 0.15) is 80.3 Å². The Morgan fingerprint density at radius 1 is 1.02 bits per heavy atom. The van der Waals surface area contributed by atoms with Gasteiger partial charge in [-0.3, -0.25) is 9.36 Å². The Hall–Kier alpha value is -3.99. The van der Waals surface area contributed by atoms with Crippen molar-refractivity contribution >= 4 is 11.5 Å². The van der Waals surface area contributed by atoms with Gasteiger partial charge in [0.15, 0.2) is 0 Å². The molecule has 1 atom stereocenters. The molecule has 1 saturated heterocycles. The third-order valence-corrected chi connectivity index (χ3v) is 9.46. The lowest BCUT2D eigenvalue weighted by atomic mass is 9.92. The number of fused-ring (bicyclic) bond motifs is 2. The summed E-state index contributed by atoms with van der Waals surface area (Å²) in [4.78, 5) is 25.0. The van der Waals surface area contributed by atoms with E-state index in [0.29, 0.717) is 18.9 Å². The summed E-state index contributed by atoms with van der Waals surface area (Å²) in [6.45, 7) is 2.56. The number of hydrogen-bond acceptors (Lipinski definition) is 8. The van der Waals surface area contributed by atoms with Gasteiger partial charge in [0.1, 0.15) is 5.65 Å². The lowest BCUT2D eigenvalue weighted by molar-refractivity contribution is -0.0387. The van der Waals surface area contributed by atoms with Crippen molar-refractivity contribution in [2.24, 2.45) is 5.16 Å². The first-order chi connectivity index (χ1) is 21.5. The zero-order chi connectivity index (χ0) is 29.8. The van der Waals surface area contributed by atoms with Crippen molar-refractivity contribution in [3.8, 4) is 11.1 Å². The summed E-state index contributed by atoms with van der Waals surface area (Å²) in [5.74, 6) is 0.674. The largest absolute Gasteiger partial charge is 0.387 e. The van der Waals surface area contributed by atoms with Crippen molar-refractivity contribution in [2.75, 3.05) is 6.61 Å². The molecular weight excluding hydrogens is 558 g/mol. The number of rotatable bonds is 10.